The molecule has 19 heavy (non-hydrogen) atoms. The van der Waals surface area contributed by atoms with Crippen molar-refractivity contribution < 1.29 is 0 Å². The largest absolute Gasteiger partial charge is 0.0654 e. The first-order valence-corrected chi connectivity index (χ1v) is 8.99. The highest BCUT2D eigenvalue weighted by Crippen LogP contribution is 2.19. The summed E-state index contributed by atoms with van der Waals surface area (Å²) >= 11 is 0. The summed E-state index contributed by atoms with van der Waals surface area (Å²) in [4.78, 5) is 0. The van der Waals surface area contributed by atoms with Crippen molar-refractivity contribution in [3.8, 4) is 0 Å². The first-order valence-electron chi connectivity index (χ1n) is 8.99. The van der Waals surface area contributed by atoms with Gasteiger partial charge in [-0.25, -0.2) is 0 Å². The van der Waals surface area contributed by atoms with Crippen molar-refractivity contribution in [1.29, 1.82) is 0 Å². The van der Waals surface area contributed by atoms with Gasteiger partial charge in [0.15, 0.2) is 0 Å². The van der Waals surface area contributed by atoms with Crippen molar-refractivity contribution in [2.45, 2.75) is 104 Å². The zero-order valence-corrected chi connectivity index (χ0v) is 14.1. The monoisotopic (exact) mass is 267 g/mol. The van der Waals surface area contributed by atoms with Gasteiger partial charge in [0.2, 0.25) is 0 Å². The average Bonchev–Trinajstić information content (AvgIpc) is 2.41. The maximum absolute atomic E-state index is 3.98. The molecule has 0 saturated heterocycles. The standard InChI is InChI=1S/C19H39/c1-5-7-8-9-10-11-12-13-15-19(4)17-14-16-18(3)6-2/h18-19H,2,5-17H2,1,3-4H3. The van der Waals surface area contributed by atoms with E-state index in [0.29, 0.717) is 0 Å². The summed E-state index contributed by atoms with van der Waals surface area (Å²) in [7, 11) is 0. The molecule has 0 aliphatic heterocycles. The third-order valence-electron chi connectivity index (χ3n) is 4.44. The van der Waals surface area contributed by atoms with Crippen LogP contribution in [-0.2, 0) is 0 Å². The van der Waals surface area contributed by atoms with E-state index in [-0.39, 0.29) is 0 Å². The molecule has 0 aliphatic carbocycles. The highest BCUT2D eigenvalue weighted by Gasteiger charge is 2.04. The molecule has 0 bridgehead atoms. The van der Waals surface area contributed by atoms with Crippen molar-refractivity contribution in [3.63, 3.8) is 0 Å². The molecular weight excluding hydrogens is 228 g/mol. The molecule has 115 valence electrons. The van der Waals surface area contributed by atoms with Gasteiger partial charge in [-0.1, -0.05) is 111 Å². The van der Waals surface area contributed by atoms with Gasteiger partial charge in [0.1, 0.15) is 0 Å². The van der Waals surface area contributed by atoms with Gasteiger partial charge in [0, 0.05) is 0 Å². The van der Waals surface area contributed by atoms with Crippen LogP contribution in [0.5, 0.6) is 0 Å². The van der Waals surface area contributed by atoms with Crippen LogP contribution in [-0.4, -0.2) is 0 Å². The number of rotatable bonds is 14. The zero-order chi connectivity index (χ0) is 14.3. The molecule has 0 aromatic heterocycles. The average molecular weight is 268 g/mol. The fourth-order valence-corrected chi connectivity index (χ4v) is 2.73. The molecule has 0 amide bonds. The first kappa shape index (κ1) is 19.0. The molecule has 0 rings (SSSR count). The van der Waals surface area contributed by atoms with Crippen LogP contribution in [0.15, 0.2) is 0 Å². The Labute approximate surface area is 123 Å². The summed E-state index contributed by atoms with van der Waals surface area (Å²) in [6.07, 6.45) is 18.4. The lowest BCUT2D eigenvalue weighted by atomic mass is 9.93. The van der Waals surface area contributed by atoms with Crippen molar-refractivity contribution in [3.05, 3.63) is 6.92 Å². The van der Waals surface area contributed by atoms with Crippen LogP contribution in [0, 0.1) is 18.8 Å². The van der Waals surface area contributed by atoms with Gasteiger partial charge in [-0.3, -0.25) is 0 Å². The Morgan fingerprint density at radius 3 is 1.68 bits per heavy atom. The molecular formula is C19H39. The van der Waals surface area contributed by atoms with Crippen LogP contribution < -0.4 is 0 Å². The minimum atomic E-state index is 0.829. The maximum atomic E-state index is 3.98. The minimum absolute atomic E-state index is 0.829. The second-order valence-corrected chi connectivity index (χ2v) is 6.69. The highest BCUT2D eigenvalue weighted by atomic mass is 14.1. The van der Waals surface area contributed by atoms with Crippen LogP contribution >= 0.6 is 0 Å². The molecule has 0 saturated carbocycles. The summed E-state index contributed by atoms with van der Waals surface area (Å²) in [5, 5.41) is 0. The molecule has 0 fully saturated rings. The van der Waals surface area contributed by atoms with Gasteiger partial charge >= 0.3 is 0 Å². The van der Waals surface area contributed by atoms with Crippen LogP contribution in [0.2, 0.25) is 0 Å². The van der Waals surface area contributed by atoms with Gasteiger partial charge in [-0.15, -0.1) is 0 Å². The van der Waals surface area contributed by atoms with Crippen LogP contribution in [0.25, 0.3) is 0 Å². The molecule has 0 heteroatoms. The Kier molecular flexibility index (Phi) is 14.4. The second-order valence-electron chi connectivity index (χ2n) is 6.69. The van der Waals surface area contributed by atoms with Crippen LogP contribution in [0.1, 0.15) is 104 Å². The molecule has 0 spiro atoms. The lowest BCUT2D eigenvalue weighted by molar-refractivity contribution is 0.409. The molecule has 0 N–H and O–H groups in total. The van der Waals surface area contributed by atoms with E-state index in [1.807, 2.05) is 0 Å². The lowest BCUT2D eigenvalue weighted by Gasteiger charge is -2.13. The SMILES string of the molecule is [CH2]CC(C)CCCC(C)CCCCCCCCCC. The van der Waals surface area contributed by atoms with E-state index in [2.05, 4.69) is 27.7 Å². The molecule has 0 nitrogen and oxygen atoms in total. The number of unbranched alkanes of at least 4 members (excludes halogenated alkanes) is 7. The minimum Gasteiger partial charge on any atom is -0.0654 e. The topological polar surface area (TPSA) is 0 Å². The molecule has 0 aromatic carbocycles. The van der Waals surface area contributed by atoms with Crippen LogP contribution in [0.4, 0.5) is 0 Å². The summed E-state index contributed by atoms with van der Waals surface area (Å²) in [5.41, 5.74) is 0. The summed E-state index contributed by atoms with van der Waals surface area (Å²) in [6.45, 7) is 11.0. The lowest BCUT2D eigenvalue weighted by Crippen LogP contribution is -1.98. The van der Waals surface area contributed by atoms with E-state index in [9.17, 15) is 0 Å². The maximum Gasteiger partial charge on any atom is -0.0443 e. The zero-order valence-electron chi connectivity index (χ0n) is 14.1. The van der Waals surface area contributed by atoms with Crippen LogP contribution in [0.3, 0.4) is 0 Å². The normalized spacial score (nSPS) is 14.5. The molecule has 2 unspecified atom stereocenters. The third kappa shape index (κ3) is 14.2. The highest BCUT2D eigenvalue weighted by molar-refractivity contribution is 4.59. The fourth-order valence-electron chi connectivity index (χ4n) is 2.73. The number of hydrogen-bond donors (Lipinski definition) is 0. The van der Waals surface area contributed by atoms with Crippen molar-refractivity contribution in [2.24, 2.45) is 11.8 Å². The Bertz CT molecular complexity index is 161. The molecule has 0 aliphatic rings. The predicted molar refractivity (Wildman–Crippen MR) is 89.4 cm³/mol. The van der Waals surface area contributed by atoms with Crippen molar-refractivity contribution >= 4 is 0 Å². The van der Waals surface area contributed by atoms with E-state index in [0.717, 1.165) is 18.3 Å². The quantitative estimate of drug-likeness (QED) is 0.292. The van der Waals surface area contributed by atoms with Gasteiger partial charge in [-0.2, -0.15) is 0 Å². The van der Waals surface area contributed by atoms with Gasteiger partial charge in [-0.05, 0) is 11.8 Å². The Balaban J connectivity index is 3.18. The van der Waals surface area contributed by atoms with Crippen molar-refractivity contribution in [2.75, 3.05) is 0 Å². The summed E-state index contributed by atoms with van der Waals surface area (Å²) < 4.78 is 0. The summed E-state index contributed by atoms with van der Waals surface area (Å²) in [5.74, 6) is 1.77. The second kappa shape index (κ2) is 14.4. The fraction of sp³-hybridized carbons (Fsp3) is 0.947. The Morgan fingerprint density at radius 1 is 0.632 bits per heavy atom. The van der Waals surface area contributed by atoms with Gasteiger partial charge in [0.05, 0.1) is 0 Å². The predicted octanol–water partition coefficient (Wildman–Crippen LogP) is 7.18. The van der Waals surface area contributed by atoms with E-state index >= 15 is 0 Å². The van der Waals surface area contributed by atoms with E-state index in [1.165, 1.54) is 77.0 Å². The molecule has 0 aromatic rings. The number of hydrogen-bond acceptors (Lipinski definition) is 0. The first-order chi connectivity index (χ1) is 9.20. The van der Waals surface area contributed by atoms with Gasteiger partial charge in [0.25, 0.3) is 0 Å². The molecule has 1 radical (unpaired) electrons. The van der Waals surface area contributed by atoms with E-state index in [4.69, 9.17) is 0 Å². The molecule has 0 heterocycles. The Morgan fingerprint density at radius 2 is 1.11 bits per heavy atom. The van der Waals surface area contributed by atoms with E-state index in [1.54, 1.807) is 0 Å². The van der Waals surface area contributed by atoms with Gasteiger partial charge < -0.3 is 0 Å². The van der Waals surface area contributed by atoms with E-state index < -0.39 is 0 Å². The van der Waals surface area contributed by atoms with Crippen molar-refractivity contribution in [1.82, 2.24) is 0 Å². The molecule has 2 atom stereocenters. The smallest absolute Gasteiger partial charge is 0.0443 e. The third-order valence-corrected chi connectivity index (χ3v) is 4.44. The Hall–Kier alpha value is 0. The summed E-state index contributed by atoms with van der Waals surface area (Å²) in [6, 6.07) is 0.